The van der Waals surface area contributed by atoms with E-state index >= 15 is 0 Å². The monoisotopic (exact) mass is 227 g/mol. The van der Waals surface area contributed by atoms with E-state index in [0.29, 0.717) is 5.92 Å². The third-order valence-corrected chi connectivity index (χ3v) is 3.08. The van der Waals surface area contributed by atoms with E-state index in [-0.39, 0.29) is 6.61 Å². The minimum atomic E-state index is 0.220. The first kappa shape index (κ1) is 12.3. The smallest absolute Gasteiger partial charge is 0.130 e. The Morgan fingerprint density at radius 1 is 1.53 bits per heavy atom. The van der Waals surface area contributed by atoms with Gasteiger partial charge >= 0.3 is 0 Å². The van der Waals surface area contributed by atoms with Gasteiger partial charge in [0.25, 0.3) is 0 Å². The van der Waals surface area contributed by atoms with Crippen molar-refractivity contribution in [1.29, 1.82) is 0 Å². The Balaban J connectivity index is 2.50. The molecular formula is C10H17N3OS. The molecule has 0 saturated heterocycles. The van der Waals surface area contributed by atoms with Crippen LogP contribution in [0.2, 0.25) is 0 Å². The van der Waals surface area contributed by atoms with Gasteiger partial charge in [0.15, 0.2) is 0 Å². The van der Waals surface area contributed by atoms with Gasteiger partial charge in [0.05, 0.1) is 0 Å². The summed E-state index contributed by atoms with van der Waals surface area (Å²) in [4.78, 5) is 8.25. The molecule has 15 heavy (non-hydrogen) atoms. The summed E-state index contributed by atoms with van der Waals surface area (Å²) in [7, 11) is 0. The van der Waals surface area contributed by atoms with E-state index in [0.717, 1.165) is 23.1 Å². The molecule has 0 fully saturated rings. The van der Waals surface area contributed by atoms with Gasteiger partial charge in [0, 0.05) is 25.0 Å². The topological polar surface area (TPSA) is 58.0 Å². The largest absolute Gasteiger partial charge is 0.396 e. The molecule has 0 radical (unpaired) electrons. The first-order valence-electron chi connectivity index (χ1n) is 5.05. The molecule has 1 aromatic rings. The van der Waals surface area contributed by atoms with E-state index in [4.69, 9.17) is 5.11 Å². The summed E-state index contributed by atoms with van der Waals surface area (Å²) in [6, 6.07) is 1.93. The molecule has 0 amide bonds. The maximum atomic E-state index is 8.89. The maximum absolute atomic E-state index is 8.89. The van der Waals surface area contributed by atoms with Gasteiger partial charge in [0.2, 0.25) is 0 Å². The van der Waals surface area contributed by atoms with Crippen LogP contribution < -0.4 is 5.32 Å². The zero-order chi connectivity index (χ0) is 11.1. The highest BCUT2D eigenvalue weighted by molar-refractivity contribution is 7.99. The molecule has 1 aromatic heterocycles. The molecule has 0 bridgehead atoms. The average Bonchev–Trinajstić information content (AvgIpc) is 2.27. The lowest BCUT2D eigenvalue weighted by Gasteiger charge is -2.07. The molecule has 0 saturated carbocycles. The number of nitrogens with zero attached hydrogens (tertiary/aromatic N) is 2. The number of hydrogen-bond donors (Lipinski definition) is 2. The molecule has 1 atom stereocenters. The van der Waals surface area contributed by atoms with Crippen molar-refractivity contribution in [2.45, 2.75) is 18.9 Å². The fourth-order valence-electron chi connectivity index (χ4n) is 0.977. The lowest BCUT2D eigenvalue weighted by atomic mass is 10.2. The van der Waals surface area contributed by atoms with E-state index in [9.17, 15) is 0 Å². The Morgan fingerprint density at radius 2 is 2.33 bits per heavy atom. The first-order valence-corrected chi connectivity index (χ1v) is 6.04. The second kappa shape index (κ2) is 6.63. The van der Waals surface area contributed by atoms with Crippen molar-refractivity contribution >= 4 is 17.6 Å². The number of hydrogen-bond acceptors (Lipinski definition) is 5. The highest BCUT2D eigenvalue weighted by Gasteiger charge is 2.03. The molecule has 1 heterocycles. The van der Waals surface area contributed by atoms with Crippen LogP contribution in [-0.2, 0) is 0 Å². The second-order valence-electron chi connectivity index (χ2n) is 3.37. The van der Waals surface area contributed by atoms with Crippen molar-refractivity contribution in [1.82, 2.24) is 9.97 Å². The first-order chi connectivity index (χ1) is 7.26. The molecule has 0 aliphatic rings. The quantitative estimate of drug-likeness (QED) is 0.571. The summed E-state index contributed by atoms with van der Waals surface area (Å²) in [5.41, 5.74) is 0. The third-order valence-electron chi connectivity index (χ3n) is 1.83. The molecule has 2 N–H and O–H groups in total. The van der Waals surface area contributed by atoms with Crippen LogP contribution in [-0.4, -0.2) is 34.0 Å². The molecule has 1 unspecified atom stereocenters. The molecule has 4 nitrogen and oxygen atoms in total. The number of rotatable bonds is 6. The number of anilines is 1. The van der Waals surface area contributed by atoms with Gasteiger partial charge in [0.1, 0.15) is 17.2 Å². The molecule has 5 heteroatoms. The highest BCUT2D eigenvalue weighted by atomic mass is 32.2. The minimum Gasteiger partial charge on any atom is -0.396 e. The molecular weight excluding hydrogens is 210 g/mol. The third kappa shape index (κ3) is 4.48. The van der Waals surface area contributed by atoms with E-state index in [1.54, 1.807) is 18.1 Å². The summed E-state index contributed by atoms with van der Waals surface area (Å²) in [5, 5.41) is 13.0. The number of thioether (sulfide) groups is 1. The zero-order valence-corrected chi connectivity index (χ0v) is 9.92. The van der Waals surface area contributed by atoms with Crippen molar-refractivity contribution in [3.8, 4) is 0 Å². The van der Waals surface area contributed by atoms with Crippen LogP contribution in [0.4, 0.5) is 5.82 Å². The van der Waals surface area contributed by atoms with Gasteiger partial charge in [-0.1, -0.05) is 6.92 Å². The van der Waals surface area contributed by atoms with Gasteiger partial charge in [-0.25, -0.2) is 9.97 Å². The van der Waals surface area contributed by atoms with Crippen molar-refractivity contribution in [2.24, 2.45) is 5.92 Å². The summed E-state index contributed by atoms with van der Waals surface area (Å²) < 4.78 is 0. The molecule has 0 aliphatic carbocycles. The van der Waals surface area contributed by atoms with Crippen molar-refractivity contribution in [3.05, 3.63) is 12.4 Å². The molecule has 0 aliphatic heterocycles. The lowest BCUT2D eigenvalue weighted by molar-refractivity contribution is 0.250. The average molecular weight is 227 g/mol. The van der Waals surface area contributed by atoms with Crippen LogP contribution in [0.1, 0.15) is 13.8 Å². The van der Waals surface area contributed by atoms with Crippen LogP contribution in [0, 0.1) is 5.92 Å². The van der Waals surface area contributed by atoms with E-state index in [1.807, 2.05) is 19.9 Å². The molecule has 1 rings (SSSR count). The van der Waals surface area contributed by atoms with Crippen LogP contribution >= 0.6 is 11.8 Å². The second-order valence-corrected chi connectivity index (χ2v) is 4.41. The van der Waals surface area contributed by atoms with E-state index in [2.05, 4.69) is 15.3 Å². The normalized spacial score (nSPS) is 12.5. The maximum Gasteiger partial charge on any atom is 0.130 e. The fraction of sp³-hybridized carbons (Fsp3) is 0.600. The number of nitrogens with one attached hydrogen (secondary N) is 1. The Bertz CT molecular complexity index is 296. The van der Waals surface area contributed by atoms with Gasteiger partial charge < -0.3 is 10.4 Å². The fourth-order valence-corrected chi connectivity index (χ4v) is 1.85. The van der Waals surface area contributed by atoms with Gasteiger partial charge in [-0.15, -0.1) is 11.8 Å². The highest BCUT2D eigenvalue weighted by Crippen LogP contribution is 2.19. The Kier molecular flexibility index (Phi) is 5.42. The number of aromatic nitrogens is 2. The van der Waals surface area contributed by atoms with Crippen molar-refractivity contribution < 1.29 is 5.11 Å². The summed E-state index contributed by atoms with van der Waals surface area (Å²) in [5.74, 6) is 2.03. The number of aliphatic hydroxyl groups excluding tert-OH is 1. The van der Waals surface area contributed by atoms with E-state index in [1.165, 1.54) is 0 Å². The predicted molar refractivity (Wildman–Crippen MR) is 63.2 cm³/mol. The van der Waals surface area contributed by atoms with Crippen LogP contribution in [0.5, 0.6) is 0 Å². The van der Waals surface area contributed by atoms with Gasteiger partial charge in [-0.3, -0.25) is 0 Å². The van der Waals surface area contributed by atoms with Crippen molar-refractivity contribution in [2.75, 3.05) is 24.2 Å². The summed E-state index contributed by atoms with van der Waals surface area (Å²) >= 11 is 1.64. The van der Waals surface area contributed by atoms with Crippen LogP contribution in [0.3, 0.4) is 0 Å². The summed E-state index contributed by atoms with van der Waals surface area (Å²) in [6.07, 6.45) is 1.56. The molecule has 84 valence electrons. The SMILES string of the molecule is CCNc1cc(SCC(C)CO)ncn1. The Hall–Kier alpha value is -0.810. The van der Waals surface area contributed by atoms with Crippen molar-refractivity contribution in [3.63, 3.8) is 0 Å². The standard InChI is InChI=1S/C10H17N3OS/c1-3-11-9-4-10(13-7-12-9)15-6-8(2)5-14/h4,7-8,14H,3,5-6H2,1-2H3,(H,11,12,13). The summed E-state index contributed by atoms with van der Waals surface area (Å²) in [6.45, 7) is 5.12. The van der Waals surface area contributed by atoms with E-state index < -0.39 is 0 Å². The zero-order valence-electron chi connectivity index (χ0n) is 9.10. The Morgan fingerprint density at radius 3 is 3.00 bits per heavy atom. The van der Waals surface area contributed by atoms with Gasteiger partial charge in [-0.05, 0) is 12.8 Å². The molecule has 0 spiro atoms. The lowest BCUT2D eigenvalue weighted by Crippen LogP contribution is -2.04. The molecule has 0 aromatic carbocycles. The van der Waals surface area contributed by atoms with Crippen LogP contribution in [0.25, 0.3) is 0 Å². The Labute approximate surface area is 94.5 Å². The van der Waals surface area contributed by atoms with Crippen LogP contribution in [0.15, 0.2) is 17.4 Å². The van der Waals surface area contributed by atoms with Gasteiger partial charge in [-0.2, -0.15) is 0 Å². The minimum absolute atomic E-state index is 0.220. The predicted octanol–water partition coefficient (Wildman–Crippen LogP) is 1.63. The number of aliphatic hydroxyl groups is 1.